The van der Waals surface area contributed by atoms with Crippen molar-refractivity contribution in [3.05, 3.63) is 64.1 Å². The van der Waals surface area contributed by atoms with Crippen LogP contribution in [0.5, 0.6) is 0 Å². The number of amides is 1. The molecule has 2 N–H and O–H groups in total. The molecule has 0 aliphatic carbocycles. The van der Waals surface area contributed by atoms with Crippen molar-refractivity contribution in [2.24, 2.45) is 0 Å². The third kappa shape index (κ3) is 4.37. The number of rotatable bonds is 5. The van der Waals surface area contributed by atoms with E-state index in [9.17, 15) is 4.79 Å². The number of para-hydroxylation sites is 1. The number of thiazole rings is 1. The van der Waals surface area contributed by atoms with E-state index < -0.39 is 0 Å². The fourth-order valence-electron chi connectivity index (χ4n) is 3.75. The van der Waals surface area contributed by atoms with E-state index in [1.54, 1.807) is 11.3 Å². The first-order valence-corrected chi connectivity index (χ1v) is 11.0. The topological polar surface area (TPSA) is 49.8 Å². The quantitative estimate of drug-likeness (QED) is 0.686. The molecule has 2 aromatic carbocycles. The molecule has 4 nitrogen and oxygen atoms in total. The highest BCUT2D eigenvalue weighted by Gasteiger charge is 2.26. The minimum atomic E-state index is 0.226. The molecule has 0 radical (unpaired) electrons. The summed E-state index contributed by atoms with van der Waals surface area (Å²) in [6.07, 6.45) is 2.00. The van der Waals surface area contributed by atoms with Crippen LogP contribution in [-0.4, -0.2) is 35.4 Å². The molecule has 1 aliphatic heterocycles. The van der Waals surface area contributed by atoms with Crippen molar-refractivity contribution < 1.29 is 10.1 Å². The number of nitrogens with zero attached hydrogens (tertiary/aromatic N) is 2. The maximum atomic E-state index is 12.6. The van der Waals surface area contributed by atoms with Gasteiger partial charge in [-0.05, 0) is 44.0 Å². The number of hydrogen-bond donors (Lipinski definition) is 1. The van der Waals surface area contributed by atoms with Crippen LogP contribution in [0.25, 0.3) is 10.2 Å². The zero-order valence-electron chi connectivity index (χ0n) is 16.0. The van der Waals surface area contributed by atoms with Crippen LogP contribution in [0.2, 0.25) is 5.02 Å². The Morgan fingerprint density at radius 3 is 2.64 bits per heavy atom. The van der Waals surface area contributed by atoms with Crippen molar-refractivity contribution in [3.63, 3.8) is 0 Å². The SMILES string of the molecule is C[C@H]([NH2+]CC(=O)N1CCC(c2nc3ccccc3s2)CC1)c1ccc(Cl)cc1. The number of piperidine rings is 1. The summed E-state index contributed by atoms with van der Waals surface area (Å²) in [6.45, 7) is 4.25. The van der Waals surface area contributed by atoms with E-state index in [1.807, 2.05) is 35.2 Å². The zero-order valence-corrected chi connectivity index (χ0v) is 17.5. The van der Waals surface area contributed by atoms with Crippen LogP contribution < -0.4 is 5.32 Å². The normalized spacial score (nSPS) is 16.4. The first-order chi connectivity index (χ1) is 13.6. The van der Waals surface area contributed by atoms with E-state index >= 15 is 0 Å². The zero-order chi connectivity index (χ0) is 19.5. The molecule has 0 unspecified atom stereocenters. The van der Waals surface area contributed by atoms with Crippen molar-refractivity contribution in [1.29, 1.82) is 0 Å². The van der Waals surface area contributed by atoms with E-state index in [2.05, 4.69) is 30.4 Å². The standard InChI is InChI=1S/C22H24ClN3OS/c1-15(16-6-8-18(23)9-7-16)24-14-21(27)26-12-10-17(11-13-26)22-25-19-4-2-3-5-20(19)28-22/h2-9,15,17,24H,10-14H2,1H3/p+1/t15-/m0/s1. The number of quaternary nitrogens is 1. The Kier molecular flexibility index (Phi) is 5.95. The molecule has 146 valence electrons. The molecule has 2 heterocycles. The van der Waals surface area contributed by atoms with Crippen molar-refractivity contribution in [1.82, 2.24) is 9.88 Å². The average Bonchev–Trinajstić information content (AvgIpc) is 3.16. The number of fused-ring (bicyclic) bond motifs is 1. The van der Waals surface area contributed by atoms with Gasteiger partial charge in [0.05, 0.1) is 15.2 Å². The summed E-state index contributed by atoms with van der Waals surface area (Å²) >= 11 is 7.75. The van der Waals surface area contributed by atoms with E-state index in [1.165, 1.54) is 15.3 Å². The van der Waals surface area contributed by atoms with Gasteiger partial charge < -0.3 is 10.2 Å². The maximum Gasteiger partial charge on any atom is 0.277 e. The summed E-state index contributed by atoms with van der Waals surface area (Å²) in [7, 11) is 0. The molecule has 1 saturated heterocycles. The highest BCUT2D eigenvalue weighted by atomic mass is 35.5. The van der Waals surface area contributed by atoms with Crippen LogP contribution in [0.15, 0.2) is 48.5 Å². The second-order valence-electron chi connectivity index (χ2n) is 7.45. The molecule has 28 heavy (non-hydrogen) atoms. The van der Waals surface area contributed by atoms with Gasteiger partial charge in [-0.2, -0.15) is 0 Å². The molecular weight excluding hydrogens is 390 g/mol. The van der Waals surface area contributed by atoms with Crippen LogP contribution in [0, 0.1) is 0 Å². The number of benzene rings is 2. The summed E-state index contributed by atoms with van der Waals surface area (Å²) in [5, 5.41) is 4.06. The lowest BCUT2D eigenvalue weighted by atomic mass is 9.97. The number of hydrogen-bond acceptors (Lipinski definition) is 3. The third-order valence-electron chi connectivity index (χ3n) is 5.55. The lowest BCUT2D eigenvalue weighted by Crippen LogP contribution is -2.87. The minimum Gasteiger partial charge on any atom is -0.338 e. The Morgan fingerprint density at radius 2 is 1.93 bits per heavy atom. The van der Waals surface area contributed by atoms with Gasteiger partial charge in [-0.15, -0.1) is 11.3 Å². The second-order valence-corrected chi connectivity index (χ2v) is 8.95. The predicted octanol–water partition coefficient (Wildman–Crippen LogP) is 3.98. The first-order valence-electron chi connectivity index (χ1n) is 9.82. The minimum absolute atomic E-state index is 0.226. The van der Waals surface area contributed by atoms with Crippen LogP contribution in [0.1, 0.15) is 42.3 Å². The summed E-state index contributed by atoms with van der Waals surface area (Å²) < 4.78 is 1.25. The smallest absolute Gasteiger partial charge is 0.277 e. The van der Waals surface area contributed by atoms with Crippen molar-refractivity contribution >= 4 is 39.1 Å². The van der Waals surface area contributed by atoms with E-state index in [4.69, 9.17) is 16.6 Å². The van der Waals surface area contributed by atoms with Gasteiger partial charge in [0.15, 0.2) is 6.54 Å². The lowest BCUT2D eigenvalue weighted by Gasteiger charge is -2.30. The van der Waals surface area contributed by atoms with Gasteiger partial charge in [0.1, 0.15) is 6.04 Å². The number of nitrogens with two attached hydrogens (primary N) is 1. The van der Waals surface area contributed by atoms with Crippen LogP contribution in [0.3, 0.4) is 0 Å². The second kappa shape index (κ2) is 8.60. The maximum absolute atomic E-state index is 12.6. The third-order valence-corrected chi connectivity index (χ3v) is 7.00. The fourth-order valence-corrected chi connectivity index (χ4v) is 5.01. The summed E-state index contributed by atoms with van der Waals surface area (Å²) in [5.41, 5.74) is 2.28. The number of halogens is 1. The number of aromatic nitrogens is 1. The summed E-state index contributed by atoms with van der Waals surface area (Å²) in [4.78, 5) is 19.4. The molecule has 1 aliphatic rings. The number of carbonyl (C=O) groups excluding carboxylic acids is 1. The van der Waals surface area contributed by atoms with Crippen molar-refractivity contribution in [3.8, 4) is 0 Å². The molecule has 0 spiro atoms. The largest absolute Gasteiger partial charge is 0.338 e. The van der Waals surface area contributed by atoms with Crippen molar-refractivity contribution in [2.75, 3.05) is 19.6 Å². The van der Waals surface area contributed by atoms with Gasteiger partial charge in [-0.25, -0.2) is 4.98 Å². The highest BCUT2D eigenvalue weighted by molar-refractivity contribution is 7.18. The number of likely N-dealkylation sites (tertiary alicyclic amines) is 1. The van der Waals surface area contributed by atoms with Gasteiger partial charge in [-0.1, -0.05) is 35.9 Å². The first kappa shape index (κ1) is 19.4. The Balaban J connectivity index is 1.28. The van der Waals surface area contributed by atoms with Gasteiger partial charge >= 0.3 is 0 Å². The average molecular weight is 415 g/mol. The van der Waals surface area contributed by atoms with E-state index in [-0.39, 0.29) is 11.9 Å². The lowest BCUT2D eigenvalue weighted by molar-refractivity contribution is -0.683. The van der Waals surface area contributed by atoms with Crippen LogP contribution in [-0.2, 0) is 4.79 Å². The molecule has 0 saturated carbocycles. The van der Waals surface area contributed by atoms with Gasteiger partial charge in [0.2, 0.25) is 0 Å². The molecule has 6 heteroatoms. The number of carbonyl (C=O) groups is 1. The summed E-state index contributed by atoms with van der Waals surface area (Å²) in [6, 6.07) is 16.4. The van der Waals surface area contributed by atoms with E-state index in [0.717, 1.165) is 36.5 Å². The highest BCUT2D eigenvalue weighted by Crippen LogP contribution is 2.33. The molecule has 0 bridgehead atoms. The van der Waals surface area contributed by atoms with Gasteiger partial charge in [-0.3, -0.25) is 4.79 Å². The Bertz CT molecular complexity index is 915. The van der Waals surface area contributed by atoms with Crippen LogP contribution >= 0.6 is 22.9 Å². The Labute approximate surface area is 174 Å². The molecular formula is C22H25ClN3OS+. The van der Waals surface area contributed by atoms with Crippen LogP contribution in [0.4, 0.5) is 0 Å². The molecule has 3 aromatic rings. The fraction of sp³-hybridized carbons (Fsp3) is 0.364. The monoisotopic (exact) mass is 414 g/mol. The Hall–Kier alpha value is -1.95. The van der Waals surface area contributed by atoms with Gasteiger partial charge in [0.25, 0.3) is 5.91 Å². The Morgan fingerprint density at radius 1 is 1.21 bits per heavy atom. The molecule has 1 aromatic heterocycles. The summed E-state index contributed by atoms with van der Waals surface area (Å²) in [5.74, 6) is 0.696. The molecule has 1 amide bonds. The van der Waals surface area contributed by atoms with Crippen molar-refractivity contribution in [2.45, 2.75) is 31.7 Å². The molecule has 1 fully saturated rings. The molecule has 4 rings (SSSR count). The predicted molar refractivity (Wildman–Crippen MR) is 115 cm³/mol. The van der Waals surface area contributed by atoms with E-state index in [0.29, 0.717) is 12.5 Å². The molecule has 1 atom stereocenters. The van der Waals surface area contributed by atoms with Gasteiger partial charge in [0, 0.05) is 29.6 Å².